The normalized spacial score (nSPS) is 11.9. The molecular weight excluding hydrogens is 209 g/mol. The Labute approximate surface area is 87.8 Å². The van der Waals surface area contributed by atoms with Gasteiger partial charge in [-0.05, 0) is 12.3 Å². The first-order valence-corrected chi connectivity index (χ1v) is 5.08. The standard InChI is InChI=1S/C10H17F3O2/c1-8(2)6-4-3-5-7-15-9(14)10(11,12)13/h8H,3-7H2,1-2H3. The van der Waals surface area contributed by atoms with Gasteiger partial charge >= 0.3 is 12.1 Å². The summed E-state index contributed by atoms with van der Waals surface area (Å²) < 4.78 is 39.0. The van der Waals surface area contributed by atoms with Gasteiger partial charge in [0.1, 0.15) is 0 Å². The maximum absolute atomic E-state index is 11.7. The summed E-state index contributed by atoms with van der Waals surface area (Å²) in [4.78, 5) is 10.3. The van der Waals surface area contributed by atoms with E-state index in [1.54, 1.807) is 0 Å². The van der Waals surface area contributed by atoms with E-state index in [1.807, 2.05) is 0 Å². The number of hydrogen-bond donors (Lipinski definition) is 0. The van der Waals surface area contributed by atoms with Gasteiger partial charge in [-0.25, -0.2) is 4.79 Å². The van der Waals surface area contributed by atoms with Crippen molar-refractivity contribution in [2.75, 3.05) is 6.61 Å². The van der Waals surface area contributed by atoms with Gasteiger partial charge in [-0.3, -0.25) is 0 Å². The molecule has 0 fully saturated rings. The van der Waals surface area contributed by atoms with Crippen LogP contribution >= 0.6 is 0 Å². The molecule has 0 radical (unpaired) electrons. The number of halogens is 3. The third-order valence-electron chi connectivity index (χ3n) is 1.89. The predicted octanol–water partition coefficient (Wildman–Crippen LogP) is 3.31. The van der Waals surface area contributed by atoms with Crippen molar-refractivity contribution >= 4 is 5.97 Å². The quantitative estimate of drug-likeness (QED) is 0.513. The molecule has 2 nitrogen and oxygen atoms in total. The van der Waals surface area contributed by atoms with E-state index in [2.05, 4.69) is 18.6 Å². The second kappa shape index (κ2) is 6.69. The maximum atomic E-state index is 11.7. The molecule has 0 saturated heterocycles. The maximum Gasteiger partial charge on any atom is 0.490 e. The largest absolute Gasteiger partial charge is 0.490 e. The van der Waals surface area contributed by atoms with Crippen molar-refractivity contribution in [3.63, 3.8) is 0 Å². The third-order valence-corrected chi connectivity index (χ3v) is 1.89. The molecule has 0 bridgehead atoms. The summed E-state index contributed by atoms with van der Waals surface area (Å²) in [5.41, 5.74) is 0. The van der Waals surface area contributed by atoms with Crippen molar-refractivity contribution in [1.82, 2.24) is 0 Å². The molecule has 0 aromatic carbocycles. The number of esters is 1. The molecule has 0 atom stereocenters. The van der Waals surface area contributed by atoms with Gasteiger partial charge in [0.05, 0.1) is 6.61 Å². The second-order valence-electron chi connectivity index (χ2n) is 3.88. The van der Waals surface area contributed by atoms with E-state index in [0.29, 0.717) is 12.3 Å². The van der Waals surface area contributed by atoms with Gasteiger partial charge in [-0.2, -0.15) is 13.2 Å². The van der Waals surface area contributed by atoms with Crippen LogP contribution in [0.25, 0.3) is 0 Å². The smallest absolute Gasteiger partial charge is 0.459 e. The number of ether oxygens (including phenoxy) is 1. The van der Waals surface area contributed by atoms with E-state index in [-0.39, 0.29) is 6.61 Å². The Bertz CT molecular complexity index is 188. The average Bonchev–Trinajstić information content (AvgIpc) is 2.08. The molecule has 0 aliphatic rings. The number of carbonyl (C=O) groups excluding carboxylic acids is 1. The highest BCUT2D eigenvalue weighted by molar-refractivity contribution is 5.75. The lowest BCUT2D eigenvalue weighted by Gasteiger charge is -2.07. The van der Waals surface area contributed by atoms with Gasteiger partial charge in [0.2, 0.25) is 0 Å². The first kappa shape index (κ1) is 14.3. The predicted molar refractivity (Wildman–Crippen MR) is 50.3 cm³/mol. The molecule has 5 heteroatoms. The van der Waals surface area contributed by atoms with Gasteiger partial charge in [-0.1, -0.05) is 33.1 Å². The number of rotatable bonds is 6. The molecule has 0 rings (SSSR count). The number of hydrogen-bond acceptors (Lipinski definition) is 2. The molecule has 90 valence electrons. The molecule has 0 spiro atoms. The van der Waals surface area contributed by atoms with Crippen LogP contribution in [0.5, 0.6) is 0 Å². The minimum atomic E-state index is -4.86. The topological polar surface area (TPSA) is 26.3 Å². The zero-order chi connectivity index (χ0) is 11.9. The molecule has 0 aliphatic carbocycles. The molecule has 0 amide bonds. The van der Waals surface area contributed by atoms with Crippen molar-refractivity contribution in [3.8, 4) is 0 Å². The fourth-order valence-corrected chi connectivity index (χ4v) is 1.08. The van der Waals surface area contributed by atoms with Crippen LogP contribution in [0.1, 0.15) is 39.5 Å². The van der Waals surface area contributed by atoms with Crippen LogP contribution in [0.2, 0.25) is 0 Å². The van der Waals surface area contributed by atoms with Gasteiger partial charge < -0.3 is 4.74 Å². The Morgan fingerprint density at radius 3 is 2.27 bits per heavy atom. The van der Waals surface area contributed by atoms with Gasteiger partial charge in [0.15, 0.2) is 0 Å². The summed E-state index contributed by atoms with van der Waals surface area (Å²) in [5, 5.41) is 0. The minimum Gasteiger partial charge on any atom is -0.459 e. The van der Waals surface area contributed by atoms with E-state index in [0.717, 1.165) is 19.3 Å². The molecule has 0 aromatic heterocycles. The summed E-state index contributed by atoms with van der Waals surface area (Å²) in [6.07, 6.45) is -1.57. The molecule has 0 N–H and O–H groups in total. The summed E-state index contributed by atoms with van der Waals surface area (Å²) in [5.74, 6) is -1.49. The van der Waals surface area contributed by atoms with E-state index in [1.165, 1.54) is 0 Å². The van der Waals surface area contributed by atoms with Crippen molar-refractivity contribution in [2.45, 2.75) is 45.7 Å². The molecule has 0 aromatic rings. The highest BCUT2D eigenvalue weighted by atomic mass is 19.4. The zero-order valence-electron chi connectivity index (χ0n) is 9.06. The van der Waals surface area contributed by atoms with E-state index < -0.39 is 12.1 Å². The fourth-order valence-electron chi connectivity index (χ4n) is 1.08. The van der Waals surface area contributed by atoms with Gasteiger partial charge in [0.25, 0.3) is 0 Å². The van der Waals surface area contributed by atoms with Crippen LogP contribution in [0.15, 0.2) is 0 Å². The minimum absolute atomic E-state index is 0.142. The molecule has 0 aliphatic heterocycles. The summed E-state index contributed by atoms with van der Waals surface area (Å²) >= 11 is 0. The second-order valence-corrected chi connectivity index (χ2v) is 3.88. The third kappa shape index (κ3) is 8.27. The van der Waals surface area contributed by atoms with Crippen LogP contribution in [0, 0.1) is 5.92 Å². The monoisotopic (exact) mass is 226 g/mol. The van der Waals surface area contributed by atoms with Crippen LogP contribution < -0.4 is 0 Å². The van der Waals surface area contributed by atoms with E-state index in [9.17, 15) is 18.0 Å². The number of alkyl halides is 3. The first-order valence-electron chi connectivity index (χ1n) is 5.08. The molecular formula is C10H17F3O2. The SMILES string of the molecule is CC(C)CCCCCOC(=O)C(F)(F)F. The van der Waals surface area contributed by atoms with Gasteiger partial charge in [-0.15, -0.1) is 0 Å². The van der Waals surface area contributed by atoms with E-state index >= 15 is 0 Å². The molecule has 0 heterocycles. The summed E-state index contributed by atoms with van der Waals surface area (Å²) in [7, 11) is 0. The Morgan fingerprint density at radius 1 is 1.20 bits per heavy atom. The zero-order valence-corrected chi connectivity index (χ0v) is 9.06. The van der Waals surface area contributed by atoms with Crippen molar-refractivity contribution < 1.29 is 22.7 Å². The summed E-state index contributed by atoms with van der Waals surface area (Å²) in [6.45, 7) is 4.03. The van der Waals surface area contributed by atoms with Crippen LogP contribution in [-0.2, 0) is 9.53 Å². The lowest BCUT2D eigenvalue weighted by molar-refractivity contribution is -0.199. The van der Waals surface area contributed by atoms with E-state index in [4.69, 9.17) is 0 Å². The molecule has 0 unspecified atom stereocenters. The fraction of sp³-hybridized carbons (Fsp3) is 0.900. The first-order chi connectivity index (χ1) is 6.84. The Balaban J connectivity index is 3.36. The van der Waals surface area contributed by atoms with Crippen LogP contribution in [-0.4, -0.2) is 18.8 Å². The summed E-state index contributed by atoms with van der Waals surface area (Å²) in [6, 6.07) is 0. The number of carbonyl (C=O) groups is 1. The average molecular weight is 226 g/mol. The van der Waals surface area contributed by atoms with Crippen molar-refractivity contribution in [2.24, 2.45) is 5.92 Å². The van der Waals surface area contributed by atoms with Crippen molar-refractivity contribution in [3.05, 3.63) is 0 Å². The Morgan fingerprint density at radius 2 is 1.80 bits per heavy atom. The number of unbranched alkanes of at least 4 members (excludes halogenated alkanes) is 2. The van der Waals surface area contributed by atoms with Gasteiger partial charge in [0, 0.05) is 0 Å². The van der Waals surface area contributed by atoms with Crippen LogP contribution in [0.4, 0.5) is 13.2 Å². The molecule has 15 heavy (non-hydrogen) atoms. The highest BCUT2D eigenvalue weighted by Gasteiger charge is 2.40. The van der Waals surface area contributed by atoms with Crippen LogP contribution in [0.3, 0.4) is 0 Å². The Hall–Kier alpha value is -0.740. The lowest BCUT2D eigenvalue weighted by atomic mass is 10.1. The lowest BCUT2D eigenvalue weighted by Crippen LogP contribution is -2.25. The van der Waals surface area contributed by atoms with Crippen molar-refractivity contribution in [1.29, 1.82) is 0 Å². The Kier molecular flexibility index (Phi) is 6.36. The highest BCUT2D eigenvalue weighted by Crippen LogP contribution is 2.16. The molecule has 0 saturated carbocycles.